The van der Waals surface area contributed by atoms with Crippen LogP contribution in [0.4, 0.5) is 0 Å². The molecule has 0 heterocycles. The Bertz CT molecular complexity index is 36.0. The maximum Gasteiger partial charge on any atom is 0.483 e. The van der Waals surface area contributed by atoms with Gasteiger partial charge in [-0.2, -0.15) is 0 Å². The molecule has 52 valence electrons. The summed E-state index contributed by atoms with van der Waals surface area (Å²) in [5.41, 5.74) is 0. The van der Waals surface area contributed by atoms with E-state index in [0.29, 0.717) is 0 Å². The Kier molecular flexibility index (Phi) is 10.8. The molecule has 0 N–H and O–H groups in total. The van der Waals surface area contributed by atoms with E-state index in [2.05, 4.69) is 0 Å². The van der Waals surface area contributed by atoms with Crippen LogP contribution in [-0.2, 0) is 13.3 Å². The summed E-state index contributed by atoms with van der Waals surface area (Å²) in [4.78, 5) is 0. The van der Waals surface area contributed by atoms with Crippen LogP contribution >= 0.6 is 17.0 Å². The average molecular weight is 203 g/mol. The van der Waals surface area contributed by atoms with Crippen molar-refractivity contribution in [3.63, 3.8) is 0 Å². The predicted molar refractivity (Wildman–Crippen MR) is 38.5 cm³/mol. The molecule has 0 aromatic carbocycles. The molecule has 0 fully saturated rings. The molecule has 0 aromatic heterocycles. The van der Waals surface area contributed by atoms with Gasteiger partial charge in [-0.3, -0.25) is 0 Å². The van der Waals surface area contributed by atoms with Crippen molar-refractivity contribution in [3.05, 3.63) is 0 Å². The van der Waals surface area contributed by atoms with E-state index in [4.69, 9.17) is 13.3 Å². The number of halogens is 1. The molecule has 0 rings (SSSR count). The molecule has 0 aliphatic heterocycles. The second-order valence-corrected chi connectivity index (χ2v) is 2.99. The van der Waals surface area contributed by atoms with Crippen molar-refractivity contribution in [2.45, 2.75) is 0 Å². The minimum absolute atomic E-state index is 0. The van der Waals surface area contributed by atoms with Gasteiger partial charge in [0.05, 0.1) is 0 Å². The summed E-state index contributed by atoms with van der Waals surface area (Å²) in [6.45, 7) is 0. The van der Waals surface area contributed by atoms with Crippen molar-refractivity contribution in [1.82, 2.24) is 0 Å². The van der Waals surface area contributed by atoms with Gasteiger partial charge < -0.3 is 13.3 Å². The highest BCUT2D eigenvalue weighted by molar-refractivity contribution is 8.93. The molecular weight excluding hydrogens is 192 g/mol. The zero-order chi connectivity index (χ0) is 5.70. The molecule has 0 radical (unpaired) electrons. The standard InChI is InChI=1S/C3H10O3Si.BrH/c1-4-7(5-2)6-3;/h7H,1-3H3;1H. The first-order chi connectivity index (χ1) is 3.35. The van der Waals surface area contributed by atoms with Crippen LogP contribution in [0, 0.1) is 0 Å². The van der Waals surface area contributed by atoms with E-state index in [1.54, 1.807) is 21.3 Å². The molecule has 0 saturated carbocycles. The lowest BCUT2D eigenvalue weighted by Gasteiger charge is -2.05. The van der Waals surface area contributed by atoms with Gasteiger partial charge in [0.15, 0.2) is 0 Å². The van der Waals surface area contributed by atoms with Crippen LogP contribution in [0.3, 0.4) is 0 Å². The molecule has 5 heteroatoms. The minimum atomic E-state index is -1.67. The molecule has 0 unspecified atom stereocenters. The van der Waals surface area contributed by atoms with E-state index in [1.807, 2.05) is 0 Å². The molecule has 0 aliphatic carbocycles. The van der Waals surface area contributed by atoms with E-state index in [1.165, 1.54) is 0 Å². The van der Waals surface area contributed by atoms with Crippen LogP contribution in [0.15, 0.2) is 0 Å². The van der Waals surface area contributed by atoms with E-state index in [-0.39, 0.29) is 17.0 Å². The number of hydrogen-bond acceptors (Lipinski definition) is 3. The minimum Gasteiger partial charge on any atom is -0.379 e. The second-order valence-electron chi connectivity index (χ2n) is 0.996. The maximum atomic E-state index is 4.74. The average Bonchev–Trinajstić information content (AvgIpc) is 1.72. The fourth-order valence-electron chi connectivity index (χ4n) is 0.289. The van der Waals surface area contributed by atoms with E-state index >= 15 is 0 Å². The molecule has 0 spiro atoms. The fraction of sp³-hybridized carbons (Fsp3) is 1.00. The topological polar surface area (TPSA) is 27.7 Å². The molecule has 8 heavy (non-hydrogen) atoms. The van der Waals surface area contributed by atoms with E-state index in [9.17, 15) is 0 Å². The highest BCUT2D eigenvalue weighted by atomic mass is 79.9. The van der Waals surface area contributed by atoms with Crippen molar-refractivity contribution in [3.8, 4) is 0 Å². The molecule has 0 aliphatic rings. The van der Waals surface area contributed by atoms with Gasteiger partial charge in [-0.05, 0) is 0 Å². The zero-order valence-corrected chi connectivity index (χ0v) is 8.08. The van der Waals surface area contributed by atoms with Crippen LogP contribution in [0.25, 0.3) is 0 Å². The molecule has 0 atom stereocenters. The first kappa shape index (κ1) is 11.4. The van der Waals surface area contributed by atoms with Gasteiger partial charge in [0.25, 0.3) is 0 Å². The quantitative estimate of drug-likeness (QED) is 0.614. The highest BCUT2D eigenvalue weighted by Gasteiger charge is 2.04. The van der Waals surface area contributed by atoms with E-state index < -0.39 is 9.53 Å². The van der Waals surface area contributed by atoms with Gasteiger partial charge in [-0.1, -0.05) is 0 Å². The van der Waals surface area contributed by atoms with Crippen LogP contribution in [0.5, 0.6) is 0 Å². The third-order valence-corrected chi connectivity index (χ3v) is 1.73. The SMILES string of the molecule is Br.CO[SiH](OC)OC. The van der Waals surface area contributed by atoms with Crippen LogP contribution < -0.4 is 0 Å². The fourth-order valence-corrected chi connectivity index (χ4v) is 0.866. The Hall–Kier alpha value is 0.577. The van der Waals surface area contributed by atoms with Gasteiger partial charge >= 0.3 is 9.53 Å². The Balaban J connectivity index is 0. The largest absolute Gasteiger partial charge is 0.483 e. The smallest absolute Gasteiger partial charge is 0.379 e. The second kappa shape index (κ2) is 7.58. The van der Waals surface area contributed by atoms with Gasteiger partial charge in [-0.15, -0.1) is 17.0 Å². The molecule has 0 bridgehead atoms. The first-order valence-electron chi connectivity index (χ1n) is 1.93. The number of rotatable bonds is 3. The van der Waals surface area contributed by atoms with Gasteiger partial charge in [0.2, 0.25) is 0 Å². The number of hydrogen-bond donors (Lipinski definition) is 0. The lowest BCUT2D eigenvalue weighted by molar-refractivity contribution is 0.163. The summed E-state index contributed by atoms with van der Waals surface area (Å²) in [6.07, 6.45) is 0. The van der Waals surface area contributed by atoms with E-state index in [0.717, 1.165) is 0 Å². The Morgan fingerprint density at radius 2 is 1.12 bits per heavy atom. The van der Waals surface area contributed by atoms with Crippen LogP contribution in [0.1, 0.15) is 0 Å². The summed E-state index contributed by atoms with van der Waals surface area (Å²) in [7, 11) is 3.05. The highest BCUT2D eigenvalue weighted by Crippen LogP contribution is 1.81. The third-order valence-electron chi connectivity index (χ3n) is 0.577. The summed E-state index contributed by atoms with van der Waals surface area (Å²) in [5, 5.41) is 0. The van der Waals surface area contributed by atoms with Gasteiger partial charge in [0.1, 0.15) is 0 Å². The zero-order valence-electron chi connectivity index (χ0n) is 5.21. The van der Waals surface area contributed by atoms with Crippen molar-refractivity contribution in [1.29, 1.82) is 0 Å². The predicted octanol–water partition coefficient (Wildman–Crippen LogP) is 0.221. The van der Waals surface area contributed by atoms with Crippen LogP contribution in [-0.4, -0.2) is 30.9 Å². The van der Waals surface area contributed by atoms with Crippen molar-refractivity contribution < 1.29 is 13.3 Å². The molecular formula is C3H11BrO3Si. The Morgan fingerprint density at radius 1 is 0.875 bits per heavy atom. The Labute approximate surface area is 61.7 Å². The first-order valence-corrected chi connectivity index (χ1v) is 3.35. The summed E-state index contributed by atoms with van der Waals surface area (Å²) < 4.78 is 14.2. The van der Waals surface area contributed by atoms with Crippen molar-refractivity contribution >= 4 is 26.5 Å². The third kappa shape index (κ3) is 4.73. The lowest BCUT2D eigenvalue weighted by atomic mass is 11.8. The molecule has 0 amide bonds. The van der Waals surface area contributed by atoms with Gasteiger partial charge in [-0.25, -0.2) is 0 Å². The van der Waals surface area contributed by atoms with Gasteiger partial charge in [0, 0.05) is 21.3 Å². The molecule has 0 saturated heterocycles. The normalized spacial score (nSPS) is 9.00. The summed E-state index contributed by atoms with van der Waals surface area (Å²) in [5.74, 6) is 0. The lowest BCUT2D eigenvalue weighted by Crippen LogP contribution is -2.21. The molecule has 0 aromatic rings. The summed E-state index contributed by atoms with van der Waals surface area (Å²) >= 11 is 0. The van der Waals surface area contributed by atoms with Crippen molar-refractivity contribution in [2.24, 2.45) is 0 Å². The maximum absolute atomic E-state index is 4.74. The monoisotopic (exact) mass is 202 g/mol. The van der Waals surface area contributed by atoms with Crippen LogP contribution in [0.2, 0.25) is 0 Å². The summed E-state index contributed by atoms with van der Waals surface area (Å²) in [6, 6.07) is 0. The van der Waals surface area contributed by atoms with Crippen molar-refractivity contribution in [2.75, 3.05) is 21.3 Å². The Morgan fingerprint density at radius 3 is 1.12 bits per heavy atom. The molecule has 3 nitrogen and oxygen atoms in total.